The molecule has 2 aromatic rings. The largest absolute Gasteiger partial charge is 0.490 e. The Morgan fingerprint density at radius 2 is 1.79 bits per heavy atom. The highest BCUT2D eigenvalue weighted by Crippen LogP contribution is 2.30. The number of anilines is 1. The van der Waals surface area contributed by atoms with Gasteiger partial charge in [-0.15, -0.1) is 0 Å². The normalized spacial score (nSPS) is 11.0. The van der Waals surface area contributed by atoms with Crippen molar-refractivity contribution in [3.63, 3.8) is 0 Å². The fourth-order valence-corrected chi connectivity index (χ4v) is 2.97. The summed E-state index contributed by atoms with van der Waals surface area (Å²) in [6, 6.07) is 10.7. The maximum atomic E-state index is 12.5. The highest BCUT2D eigenvalue weighted by molar-refractivity contribution is 5.92. The van der Waals surface area contributed by atoms with Gasteiger partial charge in [0.2, 0.25) is 5.91 Å². The molecule has 2 aromatic carbocycles. The van der Waals surface area contributed by atoms with E-state index in [1.807, 2.05) is 44.0 Å². The van der Waals surface area contributed by atoms with Crippen molar-refractivity contribution < 1.29 is 23.0 Å². The van der Waals surface area contributed by atoms with Gasteiger partial charge >= 0.3 is 6.61 Å². The maximum Gasteiger partial charge on any atom is 0.387 e. The number of nitrogens with zero attached hydrogens (tertiary/aromatic N) is 1. The first kappa shape index (κ1) is 21.6. The minimum Gasteiger partial charge on any atom is -0.490 e. The number of nitrogens with one attached hydrogen (secondary N) is 1. The second-order valence-corrected chi connectivity index (χ2v) is 6.69. The number of ether oxygens (including phenoxy) is 2. The second kappa shape index (κ2) is 10.0. The predicted molar refractivity (Wildman–Crippen MR) is 105 cm³/mol. The van der Waals surface area contributed by atoms with Crippen molar-refractivity contribution in [1.29, 1.82) is 0 Å². The second-order valence-electron chi connectivity index (χ2n) is 6.69. The topological polar surface area (TPSA) is 50.8 Å². The molecule has 0 saturated heterocycles. The van der Waals surface area contributed by atoms with E-state index < -0.39 is 6.61 Å². The van der Waals surface area contributed by atoms with Gasteiger partial charge in [-0.3, -0.25) is 9.69 Å². The van der Waals surface area contributed by atoms with E-state index in [4.69, 9.17) is 4.74 Å². The van der Waals surface area contributed by atoms with Gasteiger partial charge in [0.15, 0.2) is 11.5 Å². The summed E-state index contributed by atoms with van der Waals surface area (Å²) < 4.78 is 34.8. The molecule has 0 atom stereocenters. The summed E-state index contributed by atoms with van der Waals surface area (Å²) in [5.41, 5.74) is 3.76. The Morgan fingerprint density at radius 3 is 2.39 bits per heavy atom. The number of carbonyl (C=O) groups is 1. The summed E-state index contributed by atoms with van der Waals surface area (Å²) in [6.07, 6.45) is 0. The molecule has 0 aliphatic carbocycles. The molecule has 2 rings (SSSR count). The number of hydrogen-bond acceptors (Lipinski definition) is 4. The Balaban J connectivity index is 1.98. The summed E-state index contributed by atoms with van der Waals surface area (Å²) in [4.78, 5) is 14.1. The molecule has 1 amide bonds. The van der Waals surface area contributed by atoms with Crippen LogP contribution < -0.4 is 14.8 Å². The molecule has 0 aliphatic rings. The number of alkyl halides is 2. The van der Waals surface area contributed by atoms with Crippen molar-refractivity contribution in [2.24, 2.45) is 0 Å². The molecule has 5 nitrogen and oxygen atoms in total. The Morgan fingerprint density at radius 1 is 1.11 bits per heavy atom. The van der Waals surface area contributed by atoms with E-state index in [-0.39, 0.29) is 24.0 Å². The molecule has 0 aromatic heterocycles. The van der Waals surface area contributed by atoms with Gasteiger partial charge in [-0.1, -0.05) is 12.1 Å². The Kier molecular flexibility index (Phi) is 7.75. The molecule has 0 aliphatic heterocycles. The van der Waals surface area contributed by atoms with Crippen LogP contribution in [0.3, 0.4) is 0 Å². The third-order valence-corrected chi connectivity index (χ3v) is 3.90. The Labute approximate surface area is 164 Å². The molecule has 0 unspecified atom stereocenters. The average molecular weight is 392 g/mol. The molecule has 0 fully saturated rings. The van der Waals surface area contributed by atoms with Crippen LogP contribution in [-0.2, 0) is 11.3 Å². The molecule has 0 saturated carbocycles. The third kappa shape index (κ3) is 6.81. The fraction of sp³-hybridized carbons (Fsp3) is 0.381. The van der Waals surface area contributed by atoms with Crippen LogP contribution in [0, 0.1) is 13.8 Å². The van der Waals surface area contributed by atoms with E-state index in [9.17, 15) is 13.6 Å². The highest BCUT2D eigenvalue weighted by atomic mass is 19.3. The smallest absolute Gasteiger partial charge is 0.387 e. The fourth-order valence-electron chi connectivity index (χ4n) is 2.97. The highest BCUT2D eigenvalue weighted by Gasteiger charge is 2.13. The first-order valence-corrected chi connectivity index (χ1v) is 9.04. The molecule has 0 spiro atoms. The number of carbonyl (C=O) groups excluding carboxylic acids is 1. The van der Waals surface area contributed by atoms with Crippen molar-refractivity contribution in [2.45, 2.75) is 33.9 Å². The van der Waals surface area contributed by atoms with Gasteiger partial charge in [0.05, 0.1) is 13.2 Å². The summed E-state index contributed by atoms with van der Waals surface area (Å²) in [7, 11) is 1.81. The zero-order valence-electron chi connectivity index (χ0n) is 16.6. The number of benzene rings is 2. The van der Waals surface area contributed by atoms with E-state index in [1.54, 1.807) is 19.1 Å². The van der Waals surface area contributed by atoms with Gasteiger partial charge < -0.3 is 14.8 Å². The van der Waals surface area contributed by atoms with E-state index >= 15 is 0 Å². The lowest BCUT2D eigenvalue weighted by atomic mass is 10.1. The average Bonchev–Trinajstić information content (AvgIpc) is 2.55. The van der Waals surface area contributed by atoms with Gasteiger partial charge in [-0.05, 0) is 68.8 Å². The molecular weight excluding hydrogens is 366 g/mol. The van der Waals surface area contributed by atoms with Crippen molar-refractivity contribution in [1.82, 2.24) is 4.90 Å². The van der Waals surface area contributed by atoms with Crippen LogP contribution in [0.4, 0.5) is 14.5 Å². The lowest BCUT2D eigenvalue weighted by Crippen LogP contribution is -2.29. The molecule has 0 radical (unpaired) electrons. The monoisotopic (exact) mass is 392 g/mol. The first-order valence-electron chi connectivity index (χ1n) is 9.04. The molecule has 7 heteroatoms. The number of hydrogen-bond donors (Lipinski definition) is 1. The quantitative estimate of drug-likeness (QED) is 0.688. The first-order chi connectivity index (χ1) is 13.3. The maximum absolute atomic E-state index is 12.5. The molecule has 1 N–H and O–H groups in total. The van der Waals surface area contributed by atoms with Gasteiger partial charge in [0.25, 0.3) is 0 Å². The number of rotatable bonds is 9. The molecule has 152 valence electrons. The molecule has 0 bridgehead atoms. The predicted octanol–water partition coefficient (Wildman–Crippen LogP) is 4.37. The van der Waals surface area contributed by atoms with Crippen LogP contribution in [0.15, 0.2) is 36.4 Å². The minimum absolute atomic E-state index is 0.00388. The summed E-state index contributed by atoms with van der Waals surface area (Å²) >= 11 is 0. The van der Waals surface area contributed by atoms with Crippen molar-refractivity contribution >= 4 is 11.6 Å². The van der Waals surface area contributed by atoms with Crippen LogP contribution in [-0.4, -0.2) is 37.6 Å². The van der Waals surface area contributed by atoms with Crippen LogP contribution >= 0.6 is 0 Å². The van der Waals surface area contributed by atoms with Crippen LogP contribution in [0.2, 0.25) is 0 Å². The van der Waals surface area contributed by atoms with Crippen molar-refractivity contribution in [2.75, 3.05) is 25.5 Å². The Hall–Kier alpha value is -2.67. The summed E-state index contributed by atoms with van der Waals surface area (Å²) in [5.74, 6) is 0.124. The summed E-state index contributed by atoms with van der Waals surface area (Å²) in [6.45, 7) is 3.78. The summed E-state index contributed by atoms with van der Waals surface area (Å²) in [5, 5.41) is 2.89. The van der Waals surface area contributed by atoms with Gasteiger partial charge in [-0.25, -0.2) is 0 Å². The molecular formula is C21H26F2N2O3. The lowest BCUT2D eigenvalue weighted by Gasteiger charge is -2.18. The molecule has 0 heterocycles. The number of amides is 1. The van der Waals surface area contributed by atoms with Gasteiger partial charge in [0.1, 0.15) is 0 Å². The van der Waals surface area contributed by atoms with Crippen molar-refractivity contribution in [3.8, 4) is 11.5 Å². The number of aryl methyl sites for hydroxylation is 2. The zero-order chi connectivity index (χ0) is 20.7. The van der Waals surface area contributed by atoms with E-state index in [0.29, 0.717) is 13.2 Å². The number of halogens is 2. The third-order valence-electron chi connectivity index (χ3n) is 3.90. The van der Waals surface area contributed by atoms with Crippen LogP contribution in [0.25, 0.3) is 0 Å². The Bertz CT molecular complexity index is 792. The number of likely N-dealkylation sites (N-methyl/N-ethyl adjacent to an activating group) is 1. The molecule has 28 heavy (non-hydrogen) atoms. The van der Waals surface area contributed by atoms with E-state index in [1.165, 1.54) is 6.07 Å². The lowest BCUT2D eigenvalue weighted by molar-refractivity contribution is -0.117. The SMILES string of the molecule is CCOc1cc(CN(C)CC(=O)Nc2cc(C)cc(C)c2)ccc1OC(F)F. The van der Waals surface area contributed by atoms with E-state index in [2.05, 4.69) is 10.1 Å². The van der Waals surface area contributed by atoms with Crippen molar-refractivity contribution in [3.05, 3.63) is 53.1 Å². The van der Waals surface area contributed by atoms with Crippen LogP contribution in [0.5, 0.6) is 11.5 Å². The van der Waals surface area contributed by atoms with Gasteiger partial charge in [0, 0.05) is 12.2 Å². The standard InChI is InChI=1S/C21H26F2N2O3/c1-5-27-19-11-16(6-7-18(19)28-21(22)23)12-25(4)13-20(26)24-17-9-14(2)8-15(3)10-17/h6-11,21H,5,12-13H2,1-4H3,(H,24,26). The zero-order valence-corrected chi connectivity index (χ0v) is 16.6. The van der Waals surface area contributed by atoms with Crippen LogP contribution in [0.1, 0.15) is 23.6 Å². The minimum atomic E-state index is -2.92. The van der Waals surface area contributed by atoms with Gasteiger partial charge in [-0.2, -0.15) is 8.78 Å². The van der Waals surface area contributed by atoms with E-state index in [0.717, 1.165) is 22.4 Å².